The van der Waals surface area contributed by atoms with Gasteiger partial charge in [0.2, 0.25) is 5.91 Å². The molecule has 144 valence electrons. The van der Waals surface area contributed by atoms with Crippen LogP contribution in [-0.4, -0.2) is 28.7 Å². The van der Waals surface area contributed by atoms with Gasteiger partial charge in [-0.1, -0.05) is 12.1 Å². The Labute approximate surface area is 161 Å². The van der Waals surface area contributed by atoms with Gasteiger partial charge in [-0.2, -0.15) is 5.10 Å². The summed E-state index contributed by atoms with van der Waals surface area (Å²) in [6, 6.07) is 11.1. The lowest BCUT2D eigenvalue weighted by atomic mass is 10.2. The number of hydrogen-bond acceptors (Lipinski definition) is 4. The molecule has 2 N–H and O–H groups in total. The largest absolute Gasteiger partial charge is 0.495 e. The van der Waals surface area contributed by atoms with Crippen molar-refractivity contribution in [2.24, 2.45) is 0 Å². The van der Waals surface area contributed by atoms with Crippen LogP contribution in [0.4, 0.5) is 15.8 Å². The fourth-order valence-electron chi connectivity index (χ4n) is 2.78. The number of amides is 2. The van der Waals surface area contributed by atoms with Crippen molar-refractivity contribution in [1.29, 1.82) is 0 Å². The number of para-hydroxylation sites is 1. The van der Waals surface area contributed by atoms with Gasteiger partial charge in [0.05, 0.1) is 30.3 Å². The van der Waals surface area contributed by atoms with Crippen LogP contribution in [-0.2, 0) is 4.79 Å². The maximum atomic E-state index is 14.0. The normalized spacial score (nSPS) is 10.4. The highest BCUT2D eigenvalue weighted by Crippen LogP contribution is 2.29. The molecule has 1 aromatic heterocycles. The number of anilines is 2. The van der Waals surface area contributed by atoms with E-state index in [2.05, 4.69) is 15.7 Å². The van der Waals surface area contributed by atoms with Crippen molar-refractivity contribution in [3.63, 3.8) is 0 Å². The van der Waals surface area contributed by atoms with Gasteiger partial charge < -0.3 is 15.4 Å². The number of aromatic nitrogens is 2. The lowest BCUT2D eigenvalue weighted by molar-refractivity contribution is -0.114. The first-order valence-corrected chi connectivity index (χ1v) is 8.47. The summed E-state index contributed by atoms with van der Waals surface area (Å²) in [6.45, 7) is 3.07. The third-order valence-corrected chi connectivity index (χ3v) is 4.10. The van der Waals surface area contributed by atoms with E-state index in [0.29, 0.717) is 22.8 Å². The molecule has 0 aliphatic heterocycles. The Kier molecular flexibility index (Phi) is 5.39. The van der Waals surface area contributed by atoms with Gasteiger partial charge in [-0.15, -0.1) is 0 Å². The molecule has 2 amide bonds. The van der Waals surface area contributed by atoms with Crippen LogP contribution in [0.1, 0.15) is 23.0 Å². The first-order chi connectivity index (χ1) is 13.4. The number of ether oxygens (including phenoxy) is 1. The number of hydrogen-bond donors (Lipinski definition) is 2. The van der Waals surface area contributed by atoms with Crippen molar-refractivity contribution in [2.75, 3.05) is 17.7 Å². The monoisotopic (exact) mass is 382 g/mol. The minimum Gasteiger partial charge on any atom is -0.495 e. The first-order valence-electron chi connectivity index (χ1n) is 8.47. The summed E-state index contributed by atoms with van der Waals surface area (Å²) in [5, 5.41) is 9.53. The lowest BCUT2D eigenvalue weighted by Gasteiger charge is -2.12. The smallest absolute Gasteiger partial charge is 0.259 e. The van der Waals surface area contributed by atoms with Gasteiger partial charge in [0.15, 0.2) is 0 Å². The highest BCUT2D eigenvalue weighted by atomic mass is 19.1. The summed E-state index contributed by atoms with van der Waals surface area (Å²) in [4.78, 5) is 24.0. The minimum atomic E-state index is -0.440. The van der Waals surface area contributed by atoms with Crippen molar-refractivity contribution in [3.8, 4) is 11.4 Å². The molecule has 3 rings (SSSR count). The lowest BCUT2D eigenvalue weighted by Crippen LogP contribution is -2.14. The summed E-state index contributed by atoms with van der Waals surface area (Å²) in [6.07, 6.45) is 1.38. The van der Waals surface area contributed by atoms with Crippen molar-refractivity contribution in [2.45, 2.75) is 13.8 Å². The molecule has 28 heavy (non-hydrogen) atoms. The molecule has 7 nitrogen and oxygen atoms in total. The number of carbonyl (C=O) groups is 2. The topological polar surface area (TPSA) is 85.2 Å². The Bertz CT molecular complexity index is 1050. The van der Waals surface area contributed by atoms with E-state index in [1.165, 1.54) is 31.0 Å². The molecule has 0 spiro atoms. The number of benzene rings is 2. The van der Waals surface area contributed by atoms with Gasteiger partial charge in [0.1, 0.15) is 17.3 Å². The van der Waals surface area contributed by atoms with Crippen molar-refractivity contribution >= 4 is 23.2 Å². The summed E-state index contributed by atoms with van der Waals surface area (Å²) < 4.78 is 20.7. The number of halogens is 1. The maximum Gasteiger partial charge on any atom is 0.259 e. The van der Waals surface area contributed by atoms with Gasteiger partial charge in [0, 0.05) is 12.6 Å². The second-order valence-electron chi connectivity index (χ2n) is 6.06. The molecule has 0 saturated heterocycles. The summed E-state index contributed by atoms with van der Waals surface area (Å²) in [7, 11) is 1.48. The van der Waals surface area contributed by atoms with E-state index in [4.69, 9.17) is 4.74 Å². The standard InChI is InChI=1S/C20H19FN4O3/c1-12-15(11-22-25(12)18-7-5-4-6-16(18)21)20(27)24-17-10-14(23-13(2)26)8-9-19(17)28-3/h4-11H,1-3H3,(H,23,26)(H,24,27). The zero-order chi connectivity index (χ0) is 20.3. The molecule has 0 fully saturated rings. The van der Waals surface area contributed by atoms with E-state index >= 15 is 0 Å². The van der Waals surface area contributed by atoms with Crippen LogP contribution < -0.4 is 15.4 Å². The van der Waals surface area contributed by atoms with Gasteiger partial charge in [-0.3, -0.25) is 9.59 Å². The molecular weight excluding hydrogens is 363 g/mol. The first kappa shape index (κ1) is 19.1. The average Bonchev–Trinajstić information content (AvgIpc) is 3.03. The van der Waals surface area contributed by atoms with Gasteiger partial charge in [-0.05, 0) is 37.3 Å². The van der Waals surface area contributed by atoms with E-state index < -0.39 is 11.7 Å². The molecule has 0 radical (unpaired) electrons. The van der Waals surface area contributed by atoms with Crippen LogP contribution in [0, 0.1) is 12.7 Å². The van der Waals surface area contributed by atoms with E-state index in [-0.39, 0.29) is 17.2 Å². The van der Waals surface area contributed by atoms with E-state index in [1.807, 2.05) is 0 Å². The molecule has 0 aliphatic rings. The Hall–Kier alpha value is -3.68. The minimum absolute atomic E-state index is 0.232. The quantitative estimate of drug-likeness (QED) is 0.707. The Morgan fingerprint density at radius 2 is 1.89 bits per heavy atom. The SMILES string of the molecule is COc1ccc(NC(C)=O)cc1NC(=O)c1cnn(-c2ccccc2F)c1C. The predicted octanol–water partition coefficient (Wildman–Crippen LogP) is 3.54. The molecule has 0 bridgehead atoms. The number of carbonyl (C=O) groups excluding carboxylic acids is 2. The highest BCUT2D eigenvalue weighted by molar-refractivity contribution is 6.06. The third-order valence-electron chi connectivity index (χ3n) is 4.10. The van der Waals surface area contributed by atoms with Crippen molar-refractivity contribution < 1.29 is 18.7 Å². The number of rotatable bonds is 5. The second kappa shape index (κ2) is 7.91. The second-order valence-corrected chi connectivity index (χ2v) is 6.06. The van der Waals surface area contributed by atoms with E-state index in [1.54, 1.807) is 43.3 Å². The van der Waals surface area contributed by atoms with E-state index in [0.717, 1.165) is 0 Å². The molecule has 0 atom stereocenters. The van der Waals surface area contributed by atoms with Gasteiger partial charge >= 0.3 is 0 Å². The van der Waals surface area contributed by atoms with Crippen LogP contribution in [0.3, 0.4) is 0 Å². The number of nitrogens with zero attached hydrogens (tertiary/aromatic N) is 2. The van der Waals surface area contributed by atoms with Crippen molar-refractivity contribution in [3.05, 3.63) is 65.7 Å². The Morgan fingerprint density at radius 1 is 1.14 bits per heavy atom. The van der Waals surface area contributed by atoms with Crippen LogP contribution in [0.5, 0.6) is 5.75 Å². The predicted molar refractivity (Wildman–Crippen MR) is 104 cm³/mol. The zero-order valence-corrected chi connectivity index (χ0v) is 15.6. The fraction of sp³-hybridized carbons (Fsp3) is 0.150. The molecule has 0 aliphatic carbocycles. The molecule has 3 aromatic rings. The molecule has 8 heteroatoms. The van der Waals surface area contributed by atoms with Crippen LogP contribution in [0.2, 0.25) is 0 Å². The average molecular weight is 382 g/mol. The Balaban J connectivity index is 1.90. The summed E-state index contributed by atoms with van der Waals surface area (Å²) in [5.74, 6) is -0.672. The summed E-state index contributed by atoms with van der Waals surface area (Å²) >= 11 is 0. The van der Waals surface area contributed by atoms with Crippen LogP contribution in [0.15, 0.2) is 48.7 Å². The zero-order valence-electron chi connectivity index (χ0n) is 15.6. The highest BCUT2D eigenvalue weighted by Gasteiger charge is 2.18. The molecule has 0 unspecified atom stereocenters. The molecule has 1 heterocycles. The third kappa shape index (κ3) is 3.85. The number of methoxy groups -OCH3 is 1. The number of nitrogens with one attached hydrogen (secondary N) is 2. The van der Waals surface area contributed by atoms with Gasteiger partial charge in [0.25, 0.3) is 5.91 Å². The fourth-order valence-corrected chi connectivity index (χ4v) is 2.78. The van der Waals surface area contributed by atoms with E-state index in [9.17, 15) is 14.0 Å². The Morgan fingerprint density at radius 3 is 2.57 bits per heavy atom. The van der Waals surface area contributed by atoms with Crippen LogP contribution >= 0.6 is 0 Å². The maximum absolute atomic E-state index is 14.0. The van der Waals surface area contributed by atoms with Crippen LogP contribution in [0.25, 0.3) is 5.69 Å². The summed E-state index contributed by atoms with van der Waals surface area (Å²) in [5.41, 5.74) is 1.93. The molecule has 2 aromatic carbocycles. The molecular formula is C20H19FN4O3. The van der Waals surface area contributed by atoms with Crippen molar-refractivity contribution in [1.82, 2.24) is 9.78 Å². The van der Waals surface area contributed by atoms with Gasteiger partial charge in [-0.25, -0.2) is 9.07 Å². The molecule has 0 saturated carbocycles.